The van der Waals surface area contributed by atoms with Crippen LogP contribution in [0.15, 0.2) is 30.6 Å². The number of aryl methyl sites for hydroxylation is 1. The summed E-state index contributed by atoms with van der Waals surface area (Å²) in [5, 5.41) is 7.82. The average molecular weight is 208 g/mol. The molecule has 0 fully saturated rings. The van der Waals surface area contributed by atoms with Crippen LogP contribution < -0.4 is 0 Å². The van der Waals surface area contributed by atoms with Crippen LogP contribution in [-0.2, 0) is 6.42 Å². The molecule has 0 aliphatic rings. The highest BCUT2D eigenvalue weighted by atomic mass is 35.5. The van der Waals surface area contributed by atoms with Crippen LogP contribution >= 0.6 is 11.6 Å². The predicted octanol–water partition coefficient (Wildman–Crippen LogP) is 2.48. The fraction of sp³-hybridized carbons (Fsp3) is 0.200. The third kappa shape index (κ3) is 1.63. The van der Waals surface area contributed by atoms with Gasteiger partial charge in [0.2, 0.25) is 5.28 Å². The van der Waals surface area contributed by atoms with Gasteiger partial charge in [0.1, 0.15) is 6.33 Å². The first-order valence-corrected chi connectivity index (χ1v) is 4.84. The SMILES string of the molecule is CCc1ccc(-n2cnnc2Cl)cc1. The molecule has 0 bridgehead atoms. The van der Waals surface area contributed by atoms with Gasteiger partial charge in [-0.25, -0.2) is 0 Å². The predicted molar refractivity (Wildman–Crippen MR) is 55.7 cm³/mol. The van der Waals surface area contributed by atoms with Gasteiger partial charge in [0.05, 0.1) is 0 Å². The van der Waals surface area contributed by atoms with Crippen LogP contribution in [0.25, 0.3) is 5.69 Å². The molecule has 1 aromatic carbocycles. The van der Waals surface area contributed by atoms with Crippen LogP contribution in [-0.4, -0.2) is 14.8 Å². The second-order valence-corrected chi connectivity index (χ2v) is 3.33. The van der Waals surface area contributed by atoms with Gasteiger partial charge in [0.15, 0.2) is 0 Å². The molecule has 0 unspecified atom stereocenters. The van der Waals surface area contributed by atoms with Gasteiger partial charge in [-0.2, -0.15) is 0 Å². The monoisotopic (exact) mass is 207 g/mol. The molecule has 4 heteroatoms. The molecule has 3 nitrogen and oxygen atoms in total. The van der Waals surface area contributed by atoms with E-state index >= 15 is 0 Å². The minimum atomic E-state index is 0.384. The summed E-state index contributed by atoms with van der Waals surface area (Å²) in [5.41, 5.74) is 2.29. The Kier molecular flexibility index (Phi) is 2.50. The Hall–Kier alpha value is -1.35. The minimum Gasteiger partial charge on any atom is -0.272 e. The molecule has 72 valence electrons. The van der Waals surface area contributed by atoms with Gasteiger partial charge in [-0.05, 0) is 35.7 Å². The minimum absolute atomic E-state index is 0.384. The lowest BCUT2D eigenvalue weighted by Crippen LogP contribution is -1.92. The molecule has 14 heavy (non-hydrogen) atoms. The molecular weight excluding hydrogens is 198 g/mol. The molecule has 0 radical (unpaired) electrons. The molecule has 0 atom stereocenters. The van der Waals surface area contributed by atoms with E-state index < -0.39 is 0 Å². The Morgan fingerprint density at radius 3 is 2.50 bits per heavy atom. The van der Waals surface area contributed by atoms with Crippen LogP contribution in [0, 0.1) is 0 Å². The second-order valence-electron chi connectivity index (χ2n) is 2.99. The van der Waals surface area contributed by atoms with Crippen molar-refractivity contribution < 1.29 is 0 Å². The van der Waals surface area contributed by atoms with Crippen molar-refractivity contribution in [3.8, 4) is 5.69 Å². The number of nitrogens with zero attached hydrogens (tertiary/aromatic N) is 3. The van der Waals surface area contributed by atoms with E-state index in [1.54, 1.807) is 10.9 Å². The standard InChI is InChI=1S/C10H10ClN3/c1-2-8-3-5-9(6-4-8)14-7-12-13-10(14)11/h3-7H,2H2,1H3. The van der Waals surface area contributed by atoms with Gasteiger partial charge in [-0.15, -0.1) is 10.2 Å². The Morgan fingerprint density at radius 2 is 2.00 bits per heavy atom. The normalized spacial score (nSPS) is 10.4. The van der Waals surface area contributed by atoms with Gasteiger partial charge in [-0.3, -0.25) is 4.57 Å². The summed E-state index contributed by atoms with van der Waals surface area (Å²) in [5.74, 6) is 0. The van der Waals surface area contributed by atoms with Gasteiger partial charge in [0.25, 0.3) is 0 Å². The third-order valence-electron chi connectivity index (χ3n) is 2.13. The van der Waals surface area contributed by atoms with Crippen LogP contribution in [0.5, 0.6) is 0 Å². The lowest BCUT2D eigenvalue weighted by atomic mass is 10.1. The molecule has 0 N–H and O–H groups in total. The van der Waals surface area contributed by atoms with Gasteiger partial charge >= 0.3 is 0 Å². The first-order valence-electron chi connectivity index (χ1n) is 4.46. The van der Waals surface area contributed by atoms with Crippen molar-refractivity contribution in [2.45, 2.75) is 13.3 Å². The molecule has 0 amide bonds. The first-order chi connectivity index (χ1) is 6.81. The zero-order chi connectivity index (χ0) is 9.97. The van der Waals surface area contributed by atoms with E-state index in [9.17, 15) is 0 Å². The van der Waals surface area contributed by atoms with E-state index in [4.69, 9.17) is 11.6 Å². The van der Waals surface area contributed by atoms with E-state index in [1.165, 1.54) is 5.56 Å². The zero-order valence-electron chi connectivity index (χ0n) is 7.81. The van der Waals surface area contributed by atoms with Crippen LogP contribution in [0.4, 0.5) is 0 Å². The molecule has 1 heterocycles. The Balaban J connectivity index is 2.39. The summed E-state index contributed by atoms with van der Waals surface area (Å²) in [6, 6.07) is 8.17. The molecule has 1 aromatic heterocycles. The fourth-order valence-corrected chi connectivity index (χ4v) is 1.47. The van der Waals surface area contributed by atoms with Crippen molar-refractivity contribution in [1.29, 1.82) is 0 Å². The molecule has 0 spiro atoms. The van der Waals surface area contributed by atoms with E-state index in [2.05, 4.69) is 29.3 Å². The quantitative estimate of drug-likeness (QED) is 0.758. The molecule has 0 aliphatic carbocycles. The van der Waals surface area contributed by atoms with Crippen molar-refractivity contribution in [2.75, 3.05) is 0 Å². The maximum absolute atomic E-state index is 5.84. The molecular formula is C10H10ClN3. The highest BCUT2D eigenvalue weighted by Crippen LogP contribution is 2.14. The van der Waals surface area contributed by atoms with Crippen molar-refractivity contribution >= 4 is 11.6 Å². The van der Waals surface area contributed by atoms with E-state index in [-0.39, 0.29) is 0 Å². The summed E-state index contributed by atoms with van der Waals surface area (Å²) in [6.45, 7) is 2.13. The van der Waals surface area contributed by atoms with Gasteiger partial charge < -0.3 is 0 Å². The highest BCUT2D eigenvalue weighted by molar-refractivity contribution is 6.28. The number of benzene rings is 1. The van der Waals surface area contributed by atoms with Gasteiger partial charge in [0, 0.05) is 5.69 Å². The summed E-state index contributed by atoms with van der Waals surface area (Å²) in [7, 11) is 0. The molecule has 0 saturated heterocycles. The number of aromatic nitrogens is 3. The van der Waals surface area contributed by atoms with Crippen molar-refractivity contribution in [3.63, 3.8) is 0 Å². The zero-order valence-corrected chi connectivity index (χ0v) is 8.57. The Labute approximate surface area is 87.3 Å². The van der Waals surface area contributed by atoms with Crippen molar-refractivity contribution in [1.82, 2.24) is 14.8 Å². The highest BCUT2D eigenvalue weighted by Gasteiger charge is 2.02. The van der Waals surface area contributed by atoms with Crippen LogP contribution in [0.2, 0.25) is 5.28 Å². The van der Waals surface area contributed by atoms with E-state index in [0.29, 0.717) is 5.28 Å². The average Bonchev–Trinajstić information content (AvgIpc) is 2.65. The van der Waals surface area contributed by atoms with Crippen molar-refractivity contribution in [2.24, 2.45) is 0 Å². The van der Waals surface area contributed by atoms with E-state index in [0.717, 1.165) is 12.1 Å². The maximum Gasteiger partial charge on any atom is 0.229 e. The molecule has 2 aromatic rings. The van der Waals surface area contributed by atoms with E-state index in [1.807, 2.05) is 12.1 Å². The third-order valence-corrected chi connectivity index (χ3v) is 2.39. The number of halogens is 1. The van der Waals surface area contributed by atoms with Crippen LogP contribution in [0.1, 0.15) is 12.5 Å². The second kappa shape index (κ2) is 3.80. The number of rotatable bonds is 2. The number of hydrogen-bond donors (Lipinski definition) is 0. The lowest BCUT2D eigenvalue weighted by molar-refractivity contribution is 1.05. The summed E-state index contributed by atoms with van der Waals surface area (Å²) in [6.07, 6.45) is 2.64. The first kappa shape index (κ1) is 9.21. The summed E-state index contributed by atoms with van der Waals surface area (Å²) in [4.78, 5) is 0. The summed E-state index contributed by atoms with van der Waals surface area (Å²) >= 11 is 5.84. The Bertz CT molecular complexity index is 419. The lowest BCUT2D eigenvalue weighted by Gasteiger charge is -2.03. The van der Waals surface area contributed by atoms with Crippen molar-refractivity contribution in [3.05, 3.63) is 41.4 Å². The maximum atomic E-state index is 5.84. The largest absolute Gasteiger partial charge is 0.272 e. The topological polar surface area (TPSA) is 30.7 Å². The summed E-state index contributed by atoms with van der Waals surface area (Å²) < 4.78 is 1.74. The Morgan fingerprint density at radius 1 is 1.29 bits per heavy atom. The van der Waals surface area contributed by atoms with Gasteiger partial charge in [-0.1, -0.05) is 19.1 Å². The fourth-order valence-electron chi connectivity index (χ4n) is 1.29. The van der Waals surface area contributed by atoms with Crippen LogP contribution in [0.3, 0.4) is 0 Å². The molecule has 2 rings (SSSR count). The molecule has 0 saturated carbocycles. The molecule has 0 aliphatic heterocycles. The smallest absolute Gasteiger partial charge is 0.229 e. The number of hydrogen-bond acceptors (Lipinski definition) is 2.